The monoisotopic (exact) mass is 330 g/mol. The van der Waals surface area contributed by atoms with Crippen molar-refractivity contribution >= 4 is 33.7 Å². The van der Waals surface area contributed by atoms with E-state index in [0.29, 0.717) is 0 Å². The molecule has 0 fully saturated rings. The van der Waals surface area contributed by atoms with E-state index in [1.165, 1.54) is 0 Å². The molecule has 0 bridgehead atoms. The molecule has 0 spiro atoms. The number of carbonyl (C=O) groups is 1. The van der Waals surface area contributed by atoms with E-state index < -0.39 is 0 Å². The van der Waals surface area contributed by atoms with Crippen molar-refractivity contribution in [3.8, 4) is 0 Å². The molecule has 4 heteroatoms. The number of carbonyl (C=O) groups excluding carboxylic acids is 1. The smallest absolute Gasteiger partial charge is 0.314 e. The Hall–Kier alpha value is -2.07. The molecular formula is C16H15BrN2O. The van der Waals surface area contributed by atoms with E-state index in [4.69, 9.17) is 0 Å². The lowest BCUT2D eigenvalue weighted by Crippen LogP contribution is -2.23. The predicted molar refractivity (Wildman–Crippen MR) is 86.5 cm³/mol. The second-order valence-corrected chi connectivity index (χ2v) is 5.27. The number of urea groups is 1. The fraction of sp³-hybridized carbons (Fsp3) is 0.0625. The Balaban J connectivity index is 1.87. The van der Waals surface area contributed by atoms with Gasteiger partial charge in [0.1, 0.15) is 0 Å². The zero-order valence-electron chi connectivity index (χ0n) is 11.1. The predicted octanol–water partition coefficient (Wildman–Crippen LogP) is 4.55. The fourth-order valence-electron chi connectivity index (χ4n) is 1.68. The average Bonchev–Trinajstić information content (AvgIpc) is 2.41. The molecule has 0 radical (unpaired) electrons. The first-order valence-corrected chi connectivity index (χ1v) is 6.99. The first kappa shape index (κ1) is 14.3. The second kappa shape index (κ2) is 6.91. The van der Waals surface area contributed by atoms with Gasteiger partial charge < -0.3 is 10.6 Å². The number of hydrogen-bond donors (Lipinski definition) is 2. The molecule has 0 heterocycles. The fourth-order valence-corrected chi connectivity index (χ4v) is 1.94. The zero-order valence-corrected chi connectivity index (χ0v) is 12.6. The van der Waals surface area contributed by atoms with Crippen molar-refractivity contribution in [2.75, 3.05) is 5.32 Å². The van der Waals surface area contributed by atoms with E-state index >= 15 is 0 Å². The van der Waals surface area contributed by atoms with Gasteiger partial charge in [-0.2, -0.15) is 0 Å². The summed E-state index contributed by atoms with van der Waals surface area (Å²) in [4.78, 5) is 11.7. The Kier molecular flexibility index (Phi) is 4.96. The van der Waals surface area contributed by atoms with E-state index in [2.05, 4.69) is 26.6 Å². The Morgan fingerprint density at radius 1 is 1.15 bits per heavy atom. The number of anilines is 1. The SMILES string of the molecule is Cc1cccc(NC(=O)N/C=C/c2ccc(Br)cc2)c1. The topological polar surface area (TPSA) is 41.1 Å². The van der Waals surface area contributed by atoms with Gasteiger partial charge in [-0.3, -0.25) is 0 Å². The first-order valence-electron chi connectivity index (χ1n) is 6.20. The summed E-state index contributed by atoms with van der Waals surface area (Å²) in [5.41, 5.74) is 2.90. The van der Waals surface area contributed by atoms with Crippen molar-refractivity contribution in [3.05, 3.63) is 70.3 Å². The Morgan fingerprint density at radius 3 is 2.60 bits per heavy atom. The molecule has 2 aromatic rings. The Labute approximate surface area is 126 Å². The molecule has 0 aliphatic rings. The van der Waals surface area contributed by atoms with Crippen LogP contribution in [0.2, 0.25) is 0 Å². The van der Waals surface area contributed by atoms with Crippen LogP contribution < -0.4 is 10.6 Å². The van der Waals surface area contributed by atoms with Crippen molar-refractivity contribution in [1.29, 1.82) is 0 Å². The average molecular weight is 331 g/mol. The molecule has 102 valence electrons. The van der Waals surface area contributed by atoms with E-state index in [-0.39, 0.29) is 6.03 Å². The lowest BCUT2D eigenvalue weighted by Gasteiger charge is -2.05. The van der Waals surface area contributed by atoms with Gasteiger partial charge >= 0.3 is 6.03 Å². The highest BCUT2D eigenvalue weighted by Gasteiger charge is 1.98. The van der Waals surface area contributed by atoms with Crippen molar-refractivity contribution in [1.82, 2.24) is 5.32 Å². The minimum Gasteiger partial charge on any atom is -0.314 e. The molecule has 2 N–H and O–H groups in total. The van der Waals surface area contributed by atoms with E-state index in [1.54, 1.807) is 6.20 Å². The van der Waals surface area contributed by atoms with Crippen LogP contribution in [0.3, 0.4) is 0 Å². The molecule has 0 aromatic heterocycles. The summed E-state index contributed by atoms with van der Waals surface area (Å²) in [5, 5.41) is 5.44. The van der Waals surface area contributed by atoms with Crippen LogP contribution in [0.25, 0.3) is 6.08 Å². The van der Waals surface area contributed by atoms with Gasteiger partial charge in [-0.05, 0) is 48.4 Å². The number of amides is 2. The molecule has 3 nitrogen and oxygen atoms in total. The summed E-state index contributed by atoms with van der Waals surface area (Å²) in [5.74, 6) is 0. The molecule has 0 atom stereocenters. The number of rotatable bonds is 3. The number of halogens is 1. The molecule has 0 saturated carbocycles. The van der Waals surface area contributed by atoms with Gasteiger partial charge in [0.05, 0.1) is 0 Å². The number of benzene rings is 2. The van der Waals surface area contributed by atoms with Gasteiger partial charge in [0, 0.05) is 16.4 Å². The lowest BCUT2D eigenvalue weighted by molar-refractivity contribution is 0.255. The molecule has 0 aliphatic carbocycles. The molecule has 2 rings (SSSR count). The number of hydrogen-bond acceptors (Lipinski definition) is 1. The Bertz CT molecular complexity index is 621. The van der Waals surface area contributed by atoms with Crippen LogP contribution in [-0.2, 0) is 0 Å². The van der Waals surface area contributed by atoms with E-state index in [1.807, 2.05) is 61.5 Å². The highest BCUT2D eigenvalue weighted by atomic mass is 79.9. The maximum atomic E-state index is 11.7. The summed E-state index contributed by atoms with van der Waals surface area (Å²) in [6, 6.07) is 15.2. The molecular weight excluding hydrogens is 316 g/mol. The highest BCUT2D eigenvalue weighted by Crippen LogP contribution is 2.11. The van der Waals surface area contributed by atoms with Crippen LogP contribution in [-0.4, -0.2) is 6.03 Å². The summed E-state index contributed by atoms with van der Waals surface area (Å²) in [7, 11) is 0. The maximum absolute atomic E-state index is 11.7. The minimum atomic E-state index is -0.260. The van der Waals surface area contributed by atoms with Crippen molar-refractivity contribution in [2.24, 2.45) is 0 Å². The largest absolute Gasteiger partial charge is 0.323 e. The van der Waals surface area contributed by atoms with Gasteiger partial charge in [-0.15, -0.1) is 0 Å². The summed E-state index contributed by atoms with van der Waals surface area (Å²) in [6.07, 6.45) is 3.45. The van der Waals surface area contributed by atoms with Crippen LogP contribution in [0, 0.1) is 6.92 Å². The standard InChI is InChI=1S/C16H15BrN2O/c1-12-3-2-4-15(11-12)19-16(20)18-10-9-13-5-7-14(17)8-6-13/h2-11H,1H3,(H2,18,19,20)/b10-9+. The Morgan fingerprint density at radius 2 is 1.90 bits per heavy atom. The molecule has 2 aromatic carbocycles. The third-order valence-corrected chi connectivity index (χ3v) is 3.16. The van der Waals surface area contributed by atoms with Gasteiger partial charge in [-0.25, -0.2) is 4.79 Å². The highest BCUT2D eigenvalue weighted by molar-refractivity contribution is 9.10. The van der Waals surface area contributed by atoms with Gasteiger partial charge in [0.2, 0.25) is 0 Å². The lowest BCUT2D eigenvalue weighted by atomic mass is 10.2. The third-order valence-electron chi connectivity index (χ3n) is 2.64. The van der Waals surface area contributed by atoms with Crippen LogP contribution in [0.1, 0.15) is 11.1 Å². The van der Waals surface area contributed by atoms with Crippen LogP contribution in [0.4, 0.5) is 10.5 Å². The molecule has 0 unspecified atom stereocenters. The molecule has 0 aliphatic heterocycles. The van der Waals surface area contributed by atoms with E-state index in [9.17, 15) is 4.79 Å². The van der Waals surface area contributed by atoms with Gasteiger partial charge in [0.25, 0.3) is 0 Å². The van der Waals surface area contributed by atoms with E-state index in [0.717, 1.165) is 21.3 Å². The minimum absolute atomic E-state index is 0.260. The first-order chi connectivity index (χ1) is 9.63. The maximum Gasteiger partial charge on any atom is 0.323 e. The van der Waals surface area contributed by atoms with Crippen LogP contribution in [0.5, 0.6) is 0 Å². The van der Waals surface area contributed by atoms with Crippen molar-refractivity contribution < 1.29 is 4.79 Å². The number of aryl methyl sites for hydroxylation is 1. The van der Waals surface area contributed by atoms with Crippen LogP contribution >= 0.6 is 15.9 Å². The molecule has 20 heavy (non-hydrogen) atoms. The normalized spacial score (nSPS) is 10.5. The number of nitrogens with one attached hydrogen (secondary N) is 2. The molecule has 0 saturated heterocycles. The van der Waals surface area contributed by atoms with Gasteiger partial charge in [-0.1, -0.05) is 40.2 Å². The summed E-state index contributed by atoms with van der Waals surface area (Å²) in [6.45, 7) is 1.98. The van der Waals surface area contributed by atoms with Gasteiger partial charge in [0.15, 0.2) is 0 Å². The van der Waals surface area contributed by atoms with Crippen molar-refractivity contribution in [2.45, 2.75) is 6.92 Å². The molecule has 2 amide bonds. The quantitative estimate of drug-likeness (QED) is 0.851. The van der Waals surface area contributed by atoms with Crippen molar-refractivity contribution in [3.63, 3.8) is 0 Å². The third kappa shape index (κ3) is 4.55. The summed E-state index contributed by atoms with van der Waals surface area (Å²) < 4.78 is 1.03. The second-order valence-electron chi connectivity index (χ2n) is 4.35. The zero-order chi connectivity index (χ0) is 14.4. The summed E-state index contributed by atoms with van der Waals surface area (Å²) >= 11 is 3.38. The van der Waals surface area contributed by atoms with Crippen LogP contribution in [0.15, 0.2) is 59.2 Å².